The lowest BCUT2D eigenvalue weighted by molar-refractivity contribution is 0.0672. The minimum Gasteiger partial charge on any atom is -0.476 e. The van der Waals surface area contributed by atoms with Crippen LogP contribution in [0, 0.1) is 0 Å². The van der Waals surface area contributed by atoms with Crippen molar-refractivity contribution in [3.8, 4) is 0 Å². The molecule has 0 bridgehead atoms. The average molecular weight is 338 g/mol. The number of nitrogens with zero attached hydrogens (tertiary/aromatic N) is 4. The lowest BCUT2D eigenvalue weighted by atomic mass is 10.0. The Labute approximate surface area is 144 Å². The Bertz CT molecular complexity index is 1010. The van der Waals surface area contributed by atoms with E-state index in [2.05, 4.69) is 5.10 Å². The van der Waals surface area contributed by atoms with Gasteiger partial charge in [0.15, 0.2) is 5.69 Å². The topological polar surface area (TPSA) is 80.4 Å². The summed E-state index contributed by atoms with van der Waals surface area (Å²) in [6.45, 7) is 0.817. The summed E-state index contributed by atoms with van der Waals surface area (Å²) in [6, 6.07) is 9.72. The predicted octanol–water partition coefficient (Wildman–Crippen LogP) is 1.81. The summed E-state index contributed by atoms with van der Waals surface area (Å²) in [5.74, 6) is -1.15. The normalized spacial score (nSPS) is 13.9. The molecule has 25 heavy (non-hydrogen) atoms. The van der Waals surface area contributed by atoms with Crippen LogP contribution in [-0.2, 0) is 27.1 Å². The van der Waals surface area contributed by atoms with Crippen LogP contribution in [0.4, 0.5) is 0 Å². The summed E-state index contributed by atoms with van der Waals surface area (Å²) in [6.07, 6.45) is 0.599. The quantitative estimate of drug-likeness (QED) is 0.773. The molecule has 2 aromatic heterocycles. The number of hydrogen-bond donors (Lipinski definition) is 1. The van der Waals surface area contributed by atoms with E-state index in [1.165, 1.54) is 0 Å². The first kappa shape index (κ1) is 15.4. The molecule has 1 N–H and O–H groups in total. The zero-order chi connectivity index (χ0) is 17.7. The zero-order valence-corrected chi connectivity index (χ0v) is 14.1. The Balaban J connectivity index is 1.70. The van der Waals surface area contributed by atoms with Gasteiger partial charge in [-0.15, -0.1) is 0 Å². The Morgan fingerprint density at radius 3 is 2.68 bits per heavy atom. The maximum atomic E-state index is 13.0. The molecular formula is C18H18N4O3. The lowest BCUT2D eigenvalue weighted by Crippen LogP contribution is -2.37. The number of para-hydroxylation sites is 1. The highest BCUT2D eigenvalue weighted by Crippen LogP contribution is 2.25. The minimum atomic E-state index is -1.06. The van der Waals surface area contributed by atoms with Gasteiger partial charge in [-0.3, -0.25) is 9.48 Å². The molecule has 0 fully saturated rings. The number of aromatic nitrogens is 3. The van der Waals surface area contributed by atoms with Gasteiger partial charge in [0.2, 0.25) is 0 Å². The molecule has 0 saturated carbocycles. The van der Waals surface area contributed by atoms with E-state index >= 15 is 0 Å². The van der Waals surface area contributed by atoms with E-state index in [1.54, 1.807) is 16.6 Å². The molecule has 0 unspecified atom stereocenters. The summed E-state index contributed by atoms with van der Waals surface area (Å²) in [4.78, 5) is 26.1. The molecule has 1 aliphatic heterocycles. The van der Waals surface area contributed by atoms with Gasteiger partial charge < -0.3 is 14.6 Å². The van der Waals surface area contributed by atoms with Crippen molar-refractivity contribution in [1.29, 1.82) is 0 Å². The SMILES string of the molecule is Cn1nc(C(=O)O)c2c1CCN(C(=O)c1cc3ccccc3n1C)C2. The van der Waals surface area contributed by atoms with Crippen molar-refractivity contribution >= 4 is 22.8 Å². The van der Waals surface area contributed by atoms with Gasteiger partial charge in [-0.05, 0) is 12.1 Å². The van der Waals surface area contributed by atoms with Gasteiger partial charge in [0.25, 0.3) is 5.91 Å². The fourth-order valence-corrected chi connectivity index (χ4v) is 3.59. The van der Waals surface area contributed by atoms with Crippen molar-refractivity contribution in [2.75, 3.05) is 6.54 Å². The van der Waals surface area contributed by atoms with Gasteiger partial charge in [-0.1, -0.05) is 18.2 Å². The van der Waals surface area contributed by atoms with Crippen LogP contribution in [-0.4, -0.2) is 42.8 Å². The third-order valence-electron chi connectivity index (χ3n) is 4.90. The van der Waals surface area contributed by atoms with Gasteiger partial charge in [0.1, 0.15) is 5.69 Å². The first-order valence-corrected chi connectivity index (χ1v) is 8.09. The molecule has 0 spiro atoms. The molecule has 7 nitrogen and oxygen atoms in total. The number of rotatable bonds is 2. The van der Waals surface area contributed by atoms with Crippen molar-refractivity contribution in [1.82, 2.24) is 19.2 Å². The van der Waals surface area contributed by atoms with E-state index in [1.807, 2.05) is 41.9 Å². The van der Waals surface area contributed by atoms with Crippen LogP contribution in [0.15, 0.2) is 30.3 Å². The Hall–Kier alpha value is -3.09. The highest BCUT2D eigenvalue weighted by atomic mass is 16.4. The maximum absolute atomic E-state index is 13.0. The second-order valence-corrected chi connectivity index (χ2v) is 6.33. The largest absolute Gasteiger partial charge is 0.476 e. The van der Waals surface area contributed by atoms with Crippen molar-refractivity contribution in [3.63, 3.8) is 0 Å². The monoisotopic (exact) mass is 338 g/mol. The standard InChI is InChI=1S/C18H18N4O3/c1-20-13-6-4-3-5-11(13)9-15(20)17(23)22-8-7-14-12(10-22)16(18(24)25)19-21(14)2/h3-6,9H,7-8,10H2,1-2H3,(H,24,25). The molecule has 1 aliphatic rings. The molecule has 128 valence electrons. The van der Waals surface area contributed by atoms with Gasteiger partial charge in [-0.25, -0.2) is 4.79 Å². The van der Waals surface area contributed by atoms with Crippen LogP contribution in [0.25, 0.3) is 10.9 Å². The fraction of sp³-hybridized carbons (Fsp3) is 0.278. The smallest absolute Gasteiger partial charge is 0.356 e. The number of fused-ring (bicyclic) bond motifs is 2. The summed E-state index contributed by atoms with van der Waals surface area (Å²) in [5, 5.41) is 14.4. The van der Waals surface area contributed by atoms with Crippen LogP contribution >= 0.6 is 0 Å². The minimum absolute atomic E-state index is 0.0343. The number of carboxylic acid groups (broad SMARTS) is 1. The van der Waals surface area contributed by atoms with Gasteiger partial charge in [0, 0.05) is 49.2 Å². The molecular weight excluding hydrogens is 320 g/mol. The molecule has 3 aromatic rings. The van der Waals surface area contributed by atoms with Crippen molar-refractivity contribution in [2.24, 2.45) is 14.1 Å². The number of hydrogen-bond acceptors (Lipinski definition) is 3. The number of aromatic carboxylic acids is 1. The third-order valence-corrected chi connectivity index (χ3v) is 4.90. The van der Waals surface area contributed by atoms with Crippen molar-refractivity contribution in [2.45, 2.75) is 13.0 Å². The molecule has 0 radical (unpaired) electrons. The van der Waals surface area contributed by atoms with E-state index in [-0.39, 0.29) is 18.1 Å². The Morgan fingerprint density at radius 2 is 1.96 bits per heavy atom. The van der Waals surface area contributed by atoms with Crippen molar-refractivity contribution in [3.05, 3.63) is 53.0 Å². The number of carboxylic acids is 1. The number of benzene rings is 1. The van der Waals surface area contributed by atoms with Gasteiger partial charge in [-0.2, -0.15) is 5.10 Å². The van der Waals surface area contributed by atoms with E-state index in [9.17, 15) is 14.7 Å². The van der Waals surface area contributed by atoms with E-state index in [0.717, 1.165) is 16.6 Å². The van der Waals surface area contributed by atoms with Crippen molar-refractivity contribution < 1.29 is 14.7 Å². The fourth-order valence-electron chi connectivity index (χ4n) is 3.59. The molecule has 1 amide bonds. The second-order valence-electron chi connectivity index (χ2n) is 6.33. The predicted molar refractivity (Wildman–Crippen MR) is 91.5 cm³/mol. The van der Waals surface area contributed by atoms with E-state index < -0.39 is 5.97 Å². The summed E-state index contributed by atoms with van der Waals surface area (Å²) in [7, 11) is 3.62. The van der Waals surface area contributed by atoms with Crippen LogP contribution in [0.3, 0.4) is 0 Å². The highest BCUT2D eigenvalue weighted by molar-refractivity contribution is 5.99. The summed E-state index contributed by atoms with van der Waals surface area (Å²) in [5.41, 5.74) is 3.15. The number of aryl methyl sites for hydroxylation is 2. The molecule has 1 aromatic carbocycles. The van der Waals surface area contributed by atoms with Crippen LogP contribution < -0.4 is 0 Å². The molecule has 3 heterocycles. The number of carbonyl (C=O) groups is 2. The molecule has 0 aliphatic carbocycles. The summed E-state index contributed by atoms with van der Waals surface area (Å²) >= 11 is 0. The number of carbonyl (C=O) groups excluding carboxylic acids is 1. The van der Waals surface area contributed by atoms with E-state index in [0.29, 0.717) is 24.2 Å². The zero-order valence-electron chi connectivity index (χ0n) is 14.1. The summed E-state index contributed by atoms with van der Waals surface area (Å²) < 4.78 is 3.49. The molecule has 0 atom stereocenters. The Kier molecular flexibility index (Phi) is 3.38. The van der Waals surface area contributed by atoms with Crippen LogP contribution in [0.1, 0.15) is 32.2 Å². The average Bonchev–Trinajstić information content (AvgIpc) is 3.12. The highest BCUT2D eigenvalue weighted by Gasteiger charge is 2.30. The second kappa shape index (κ2) is 5.47. The molecule has 7 heteroatoms. The van der Waals surface area contributed by atoms with Crippen LogP contribution in [0.2, 0.25) is 0 Å². The molecule has 4 rings (SSSR count). The third kappa shape index (κ3) is 2.31. The van der Waals surface area contributed by atoms with Gasteiger partial charge in [0.05, 0.1) is 6.54 Å². The van der Waals surface area contributed by atoms with E-state index in [4.69, 9.17) is 0 Å². The molecule has 0 saturated heterocycles. The Morgan fingerprint density at radius 1 is 1.20 bits per heavy atom. The number of amides is 1. The lowest BCUT2D eigenvalue weighted by Gasteiger charge is -2.27. The first-order valence-electron chi connectivity index (χ1n) is 8.09. The maximum Gasteiger partial charge on any atom is 0.356 e. The first-order chi connectivity index (χ1) is 12.0. The van der Waals surface area contributed by atoms with Crippen LogP contribution in [0.5, 0.6) is 0 Å². The van der Waals surface area contributed by atoms with Gasteiger partial charge >= 0.3 is 5.97 Å².